The van der Waals surface area contributed by atoms with E-state index in [1.54, 1.807) is 7.11 Å². The van der Waals surface area contributed by atoms with Crippen molar-refractivity contribution in [3.8, 4) is 5.88 Å². The lowest BCUT2D eigenvalue weighted by Crippen LogP contribution is -2.41. The topological polar surface area (TPSA) is 42.4 Å². The zero-order chi connectivity index (χ0) is 13.5. The van der Waals surface area contributed by atoms with Gasteiger partial charge in [0.05, 0.1) is 12.7 Å². The summed E-state index contributed by atoms with van der Waals surface area (Å²) >= 11 is 2.08. The number of nitrogens with zero attached hydrogens (tertiary/aromatic N) is 1. The molecule has 2 aliphatic rings. The molecule has 2 fully saturated rings. The molecule has 0 saturated carbocycles. The highest BCUT2D eigenvalue weighted by Crippen LogP contribution is 2.49. The molecule has 1 N–H and O–H groups in total. The second-order valence-corrected chi connectivity index (χ2v) is 7.34. The van der Waals surface area contributed by atoms with E-state index in [0.29, 0.717) is 16.4 Å². The number of aromatic nitrogens is 1. The highest BCUT2D eigenvalue weighted by atomic mass is 32.2. The van der Waals surface area contributed by atoms with Crippen LogP contribution in [0.3, 0.4) is 0 Å². The Morgan fingerprint density at radius 3 is 2.58 bits per heavy atom. The lowest BCUT2D eigenvalue weighted by molar-refractivity contribution is 0.00714. The van der Waals surface area contributed by atoms with E-state index >= 15 is 0 Å². The minimum atomic E-state index is -0.690. The second kappa shape index (κ2) is 4.98. The van der Waals surface area contributed by atoms with Crippen molar-refractivity contribution in [2.24, 2.45) is 0 Å². The molecular formula is C15H21NO2S. The van der Waals surface area contributed by atoms with Crippen molar-refractivity contribution >= 4 is 11.8 Å². The summed E-state index contributed by atoms with van der Waals surface area (Å²) in [5.74, 6) is 0.621. The zero-order valence-electron chi connectivity index (χ0n) is 11.6. The normalized spacial score (nSPS) is 34.1. The molecule has 0 amide bonds. The number of pyridine rings is 1. The summed E-state index contributed by atoms with van der Waals surface area (Å²) in [6.07, 6.45) is 5.53. The minimum Gasteiger partial charge on any atom is -0.481 e. The molecule has 0 radical (unpaired) electrons. The molecule has 2 saturated heterocycles. The van der Waals surface area contributed by atoms with Gasteiger partial charge >= 0.3 is 0 Å². The van der Waals surface area contributed by atoms with Gasteiger partial charge in [-0.25, -0.2) is 4.98 Å². The molecule has 2 unspecified atom stereocenters. The van der Waals surface area contributed by atoms with Crippen LogP contribution in [0.15, 0.2) is 12.1 Å². The molecule has 104 valence electrons. The molecule has 1 aromatic heterocycles. The van der Waals surface area contributed by atoms with Gasteiger partial charge in [0, 0.05) is 27.8 Å². The molecule has 3 heterocycles. The van der Waals surface area contributed by atoms with Crippen LogP contribution in [0.5, 0.6) is 5.88 Å². The van der Waals surface area contributed by atoms with Crippen molar-refractivity contribution in [2.75, 3.05) is 7.11 Å². The van der Waals surface area contributed by atoms with Crippen molar-refractivity contribution in [3.05, 3.63) is 23.4 Å². The summed E-state index contributed by atoms with van der Waals surface area (Å²) in [6, 6.07) is 3.85. The van der Waals surface area contributed by atoms with Gasteiger partial charge in [-0.1, -0.05) is 6.42 Å². The van der Waals surface area contributed by atoms with Gasteiger partial charge < -0.3 is 9.84 Å². The third-order valence-corrected chi connectivity index (χ3v) is 5.91. The highest BCUT2D eigenvalue weighted by molar-refractivity contribution is 8.00. The molecule has 3 rings (SSSR count). The molecule has 2 atom stereocenters. The van der Waals surface area contributed by atoms with Gasteiger partial charge in [0.1, 0.15) is 0 Å². The number of fused-ring (bicyclic) bond motifs is 2. The number of hydrogen-bond acceptors (Lipinski definition) is 4. The van der Waals surface area contributed by atoms with Crippen molar-refractivity contribution in [1.29, 1.82) is 0 Å². The van der Waals surface area contributed by atoms with Crippen LogP contribution in [0.25, 0.3) is 0 Å². The first-order valence-corrected chi connectivity index (χ1v) is 7.95. The Morgan fingerprint density at radius 1 is 1.32 bits per heavy atom. The summed E-state index contributed by atoms with van der Waals surface area (Å²) in [5.41, 5.74) is 1.20. The molecule has 2 aliphatic heterocycles. The molecule has 3 nitrogen and oxygen atoms in total. The fourth-order valence-electron chi connectivity index (χ4n) is 3.48. The number of aryl methyl sites for hydroxylation is 1. The van der Waals surface area contributed by atoms with Crippen LogP contribution < -0.4 is 4.74 Å². The van der Waals surface area contributed by atoms with Crippen LogP contribution >= 0.6 is 11.8 Å². The lowest BCUT2D eigenvalue weighted by Gasteiger charge is -2.44. The van der Waals surface area contributed by atoms with Gasteiger partial charge in [-0.05, 0) is 38.7 Å². The first-order chi connectivity index (χ1) is 9.10. The average Bonchev–Trinajstić information content (AvgIpc) is 2.37. The predicted molar refractivity (Wildman–Crippen MR) is 77.7 cm³/mol. The Bertz CT molecular complexity index is 465. The third-order valence-electron chi connectivity index (χ3n) is 4.34. The van der Waals surface area contributed by atoms with Gasteiger partial charge in [-0.15, -0.1) is 0 Å². The second-order valence-electron chi connectivity index (χ2n) is 5.74. The lowest BCUT2D eigenvalue weighted by atomic mass is 9.80. The SMILES string of the molecule is COc1ccc(C2(O)CC3CCCC(C2)S3)c(C)n1. The molecule has 4 heteroatoms. The van der Waals surface area contributed by atoms with E-state index in [1.807, 2.05) is 19.1 Å². The summed E-state index contributed by atoms with van der Waals surface area (Å²) in [5, 5.41) is 12.3. The maximum Gasteiger partial charge on any atom is 0.213 e. The van der Waals surface area contributed by atoms with E-state index in [4.69, 9.17) is 4.74 Å². The van der Waals surface area contributed by atoms with Crippen LogP contribution in [0.2, 0.25) is 0 Å². The molecule has 0 spiro atoms. The number of rotatable bonds is 2. The molecular weight excluding hydrogens is 258 g/mol. The quantitative estimate of drug-likeness (QED) is 0.903. The number of methoxy groups -OCH3 is 1. The van der Waals surface area contributed by atoms with Gasteiger partial charge in [0.25, 0.3) is 0 Å². The fourth-order valence-corrected chi connectivity index (χ4v) is 5.38. The fraction of sp³-hybridized carbons (Fsp3) is 0.667. The zero-order valence-corrected chi connectivity index (χ0v) is 12.4. The third kappa shape index (κ3) is 2.48. The molecule has 2 bridgehead atoms. The largest absolute Gasteiger partial charge is 0.481 e. The number of ether oxygens (including phenoxy) is 1. The van der Waals surface area contributed by atoms with E-state index in [-0.39, 0.29) is 0 Å². The van der Waals surface area contributed by atoms with Crippen molar-refractivity contribution < 1.29 is 9.84 Å². The van der Waals surface area contributed by atoms with Crippen molar-refractivity contribution in [3.63, 3.8) is 0 Å². The van der Waals surface area contributed by atoms with Gasteiger partial charge in [-0.3, -0.25) is 0 Å². The Labute approximate surface area is 118 Å². The molecule has 0 aromatic carbocycles. The van der Waals surface area contributed by atoms with Crippen molar-refractivity contribution in [1.82, 2.24) is 4.98 Å². The number of thioether (sulfide) groups is 1. The average molecular weight is 279 g/mol. The first-order valence-electron chi connectivity index (χ1n) is 7.01. The standard InChI is InChI=1S/C15H21NO2S/c1-10-13(6-7-14(16-10)18-2)15(17)8-11-4-3-5-12(9-15)19-11/h6-7,11-12,17H,3-5,8-9H2,1-2H3. The van der Waals surface area contributed by atoms with E-state index in [1.165, 1.54) is 19.3 Å². The van der Waals surface area contributed by atoms with Crippen LogP contribution in [-0.2, 0) is 5.60 Å². The van der Waals surface area contributed by atoms with Crippen LogP contribution in [0, 0.1) is 6.92 Å². The Balaban J connectivity index is 1.91. The van der Waals surface area contributed by atoms with E-state index < -0.39 is 5.60 Å². The smallest absolute Gasteiger partial charge is 0.213 e. The summed E-state index contributed by atoms with van der Waals surface area (Å²) < 4.78 is 5.15. The number of aliphatic hydroxyl groups is 1. The monoisotopic (exact) mass is 279 g/mol. The maximum absolute atomic E-state index is 11.1. The Morgan fingerprint density at radius 2 is 2.00 bits per heavy atom. The van der Waals surface area contributed by atoms with Gasteiger partial charge in [0.2, 0.25) is 5.88 Å². The van der Waals surface area contributed by atoms with E-state index in [0.717, 1.165) is 24.1 Å². The molecule has 1 aromatic rings. The first kappa shape index (κ1) is 13.3. The summed E-state index contributed by atoms with van der Waals surface area (Å²) in [7, 11) is 1.62. The van der Waals surface area contributed by atoms with Crippen LogP contribution in [0.4, 0.5) is 0 Å². The minimum absolute atomic E-state index is 0.610. The summed E-state index contributed by atoms with van der Waals surface area (Å²) in [4.78, 5) is 4.42. The summed E-state index contributed by atoms with van der Waals surface area (Å²) in [6.45, 7) is 1.97. The number of hydrogen-bond donors (Lipinski definition) is 1. The van der Waals surface area contributed by atoms with Crippen LogP contribution in [0.1, 0.15) is 43.4 Å². The van der Waals surface area contributed by atoms with E-state index in [2.05, 4.69) is 16.7 Å². The van der Waals surface area contributed by atoms with Gasteiger partial charge in [0.15, 0.2) is 0 Å². The van der Waals surface area contributed by atoms with Gasteiger partial charge in [-0.2, -0.15) is 11.8 Å². The Kier molecular flexibility index (Phi) is 3.48. The molecule has 19 heavy (non-hydrogen) atoms. The predicted octanol–water partition coefficient (Wildman–Crippen LogP) is 3.03. The molecule has 0 aliphatic carbocycles. The van der Waals surface area contributed by atoms with Crippen molar-refractivity contribution in [2.45, 2.75) is 55.1 Å². The van der Waals surface area contributed by atoms with Crippen LogP contribution in [-0.4, -0.2) is 27.7 Å². The van der Waals surface area contributed by atoms with E-state index in [9.17, 15) is 5.11 Å². The Hall–Kier alpha value is -0.740. The maximum atomic E-state index is 11.1. The highest BCUT2D eigenvalue weighted by Gasteiger charge is 2.43.